The Kier molecular flexibility index (Phi) is 5.91. The lowest BCUT2D eigenvalue weighted by Gasteiger charge is -2.44. The fourth-order valence-electron chi connectivity index (χ4n) is 4.99. The number of H-pyrrole nitrogens is 1. The number of aromatic nitrogens is 2. The van der Waals surface area contributed by atoms with Crippen LogP contribution in [0.15, 0.2) is 0 Å². The molecule has 150 valence electrons. The number of nitrogens with one attached hydrogen (secondary N) is 1. The van der Waals surface area contributed by atoms with Crippen molar-refractivity contribution in [1.29, 1.82) is 0 Å². The predicted octanol–water partition coefficient (Wildman–Crippen LogP) is 3.90. The quantitative estimate of drug-likeness (QED) is 0.618. The highest BCUT2D eigenvalue weighted by Gasteiger charge is 2.50. The lowest BCUT2D eigenvalue weighted by Crippen LogP contribution is -2.46. The first-order chi connectivity index (χ1) is 12.8. The summed E-state index contributed by atoms with van der Waals surface area (Å²) < 4.78 is 11.7. The number of piperidine rings is 1. The fraction of sp³-hybridized carbons (Fsp3) is 0.750. The maximum atomic E-state index is 12.4. The molecule has 0 radical (unpaired) electrons. The summed E-state index contributed by atoms with van der Waals surface area (Å²) in [5, 5.41) is 0. The van der Waals surface area contributed by atoms with Crippen LogP contribution < -0.4 is 4.90 Å². The van der Waals surface area contributed by atoms with Crippen molar-refractivity contribution in [3.63, 3.8) is 0 Å². The van der Waals surface area contributed by atoms with Crippen molar-refractivity contribution in [3.8, 4) is 0 Å². The van der Waals surface area contributed by atoms with Crippen LogP contribution in [0.2, 0.25) is 0 Å². The number of ether oxygens (including phenoxy) is 2. The van der Waals surface area contributed by atoms with E-state index in [4.69, 9.17) is 21.7 Å². The van der Waals surface area contributed by atoms with Gasteiger partial charge in [0.05, 0.1) is 25.0 Å². The summed E-state index contributed by atoms with van der Waals surface area (Å²) >= 11 is 5.28. The summed E-state index contributed by atoms with van der Waals surface area (Å²) in [6.07, 6.45) is 2.39. The maximum absolute atomic E-state index is 12.4. The Labute approximate surface area is 166 Å². The molecule has 2 aliphatic rings. The standard InChI is InChI=1S/C20H31N3O3S/c1-6-25-19(24)16-17(21-13(4)18(27)22-16)23-9-7-20(8-10-23)11-26-14(5)15(20)12(2)3/h12,14-15H,6-11H2,1-5H3,(H,22,27)/t14-,15?/m0/s1. The molecular formula is C20H31N3O3S. The molecule has 6 nitrogen and oxygen atoms in total. The smallest absolute Gasteiger partial charge is 0.358 e. The number of hydrogen-bond donors (Lipinski definition) is 1. The Morgan fingerprint density at radius 1 is 1.44 bits per heavy atom. The van der Waals surface area contributed by atoms with Crippen LogP contribution in [-0.4, -0.2) is 48.3 Å². The van der Waals surface area contributed by atoms with Gasteiger partial charge in [-0.2, -0.15) is 0 Å². The van der Waals surface area contributed by atoms with Gasteiger partial charge in [0.1, 0.15) is 4.64 Å². The second-order valence-electron chi connectivity index (χ2n) is 8.21. The van der Waals surface area contributed by atoms with Crippen molar-refractivity contribution >= 4 is 24.0 Å². The molecule has 1 spiro atoms. The number of hydrogen-bond acceptors (Lipinski definition) is 6. The molecule has 1 aromatic heterocycles. The fourth-order valence-corrected chi connectivity index (χ4v) is 5.13. The third-order valence-electron chi connectivity index (χ3n) is 6.17. The molecule has 0 saturated carbocycles. The van der Waals surface area contributed by atoms with Crippen LogP contribution in [0.4, 0.5) is 5.82 Å². The van der Waals surface area contributed by atoms with E-state index in [9.17, 15) is 4.79 Å². The molecule has 0 aromatic carbocycles. The summed E-state index contributed by atoms with van der Waals surface area (Å²) in [5.41, 5.74) is 1.32. The zero-order valence-corrected chi connectivity index (χ0v) is 17.8. The van der Waals surface area contributed by atoms with Crippen molar-refractivity contribution < 1.29 is 14.3 Å². The van der Waals surface area contributed by atoms with Gasteiger partial charge in [0.15, 0.2) is 11.5 Å². The summed E-state index contributed by atoms with van der Waals surface area (Å²) in [7, 11) is 0. The number of carbonyl (C=O) groups excluding carboxylic acids is 1. The van der Waals surface area contributed by atoms with Crippen molar-refractivity contribution in [3.05, 3.63) is 16.0 Å². The van der Waals surface area contributed by atoms with E-state index in [1.54, 1.807) is 6.92 Å². The Morgan fingerprint density at radius 2 is 2.11 bits per heavy atom. The third-order valence-corrected chi connectivity index (χ3v) is 6.56. The van der Waals surface area contributed by atoms with Gasteiger partial charge >= 0.3 is 5.97 Å². The van der Waals surface area contributed by atoms with E-state index in [1.165, 1.54) is 0 Å². The lowest BCUT2D eigenvalue weighted by atomic mass is 9.65. The summed E-state index contributed by atoms with van der Waals surface area (Å²) in [6.45, 7) is 13.3. The highest BCUT2D eigenvalue weighted by atomic mass is 32.1. The molecule has 2 aliphatic heterocycles. The minimum Gasteiger partial charge on any atom is -0.461 e. The van der Waals surface area contributed by atoms with Gasteiger partial charge in [-0.05, 0) is 45.4 Å². The molecular weight excluding hydrogens is 362 g/mol. The molecule has 0 amide bonds. The van der Waals surface area contributed by atoms with E-state index in [2.05, 4.69) is 35.6 Å². The zero-order chi connectivity index (χ0) is 19.8. The van der Waals surface area contributed by atoms with Crippen molar-refractivity contribution in [1.82, 2.24) is 9.97 Å². The molecule has 1 aromatic rings. The third kappa shape index (κ3) is 3.76. The molecule has 1 N–H and O–H groups in total. The van der Waals surface area contributed by atoms with Crippen molar-refractivity contribution in [2.45, 2.75) is 53.6 Å². The average molecular weight is 394 g/mol. The van der Waals surface area contributed by atoms with Crippen LogP contribution in [0, 0.1) is 28.8 Å². The van der Waals surface area contributed by atoms with Gasteiger partial charge in [-0.25, -0.2) is 9.78 Å². The van der Waals surface area contributed by atoms with Crippen LogP contribution in [0.5, 0.6) is 0 Å². The van der Waals surface area contributed by atoms with E-state index in [1.807, 2.05) is 6.92 Å². The molecule has 2 atom stereocenters. The first kappa shape index (κ1) is 20.3. The lowest BCUT2D eigenvalue weighted by molar-refractivity contribution is 0.0519. The van der Waals surface area contributed by atoms with E-state index < -0.39 is 5.97 Å². The summed E-state index contributed by atoms with van der Waals surface area (Å²) in [4.78, 5) is 22.3. The minimum absolute atomic E-state index is 0.227. The first-order valence-corrected chi connectivity index (χ1v) is 10.3. The van der Waals surface area contributed by atoms with Gasteiger partial charge in [0.25, 0.3) is 0 Å². The molecule has 2 fully saturated rings. The van der Waals surface area contributed by atoms with Gasteiger partial charge in [0.2, 0.25) is 0 Å². The van der Waals surface area contributed by atoms with Crippen LogP contribution >= 0.6 is 12.2 Å². The molecule has 1 unspecified atom stereocenters. The maximum Gasteiger partial charge on any atom is 0.358 e. The van der Waals surface area contributed by atoms with Crippen LogP contribution in [-0.2, 0) is 9.47 Å². The van der Waals surface area contributed by atoms with Gasteiger partial charge < -0.3 is 19.4 Å². The van der Waals surface area contributed by atoms with E-state index in [0.29, 0.717) is 40.7 Å². The largest absolute Gasteiger partial charge is 0.461 e. The minimum atomic E-state index is -0.399. The number of anilines is 1. The van der Waals surface area contributed by atoms with Crippen LogP contribution in [0.3, 0.4) is 0 Å². The van der Waals surface area contributed by atoms with Crippen LogP contribution in [0.1, 0.15) is 56.7 Å². The first-order valence-electron chi connectivity index (χ1n) is 9.93. The predicted molar refractivity (Wildman–Crippen MR) is 108 cm³/mol. The number of aromatic amines is 1. The second-order valence-corrected chi connectivity index (χ2v) is 8.61. The van der Waals surface area contributed by atoms with Crippen LogP contribution in [0.25, 0.3) is 0 Å². The highest BCUT2D eigenvalue weighted by molar-refractivity contribution is 7.71. The van der Waals surface area contributed by atoms with Crippen molar-refractivity contribution in [2.24, 2.45) is 17.3 Å². The normalized spacial score (nSPS) is 24.6. The molecule has 0 aliphatic carbocycles. The van der Waals surface area contributed by atoms with Gasteiger partial charge in [-0.15, -0.1) is 0 Å². The zero-order valence-electron chi connectivity index (χ0n) is 17.0. The highest BCUT2D eigenvalue weighted by Crippen LogP contribution is 2.50. The Morgan fingerprint density at radius 3 is 2.70 bits per heavy atom. The number of aryl methyl sites for hydroxylation is 1. The molecule has 0 bridgehead atoms. The Hall–Kier alpha value is -1.47. The SMILES string of the molecule is CCOC(=O)c1[nH]c(=S)c(C)nc1N1CCC2(CC1)CO[C@@H](C)C2C(C)C. The molecule has 3 heterocycles. The second kappa shape index (κ2) is 7.87. The molecule has 3 rings (SSSR count). The number of nitrogens with zero attached hydrogens (tertiary/aromatic N) is 2. The Bertz CT molecular complexity index is 753. The molecule has 7 heteroatoms. The molecule has 27 heavy (non-hydrogen) atoms. The van der Waals surface area contributed by atoms with E-state index >= 15 is 0 Å². The monoisotopic (exact) mass is 393 g/mol. The topological polar surface area (TPSA) is 67.5 Å². The number of esters is 1. The van der Waals surface area contributed by atoms with Gasteiger partial charge in [0, 0.05) is 18.5 Å². The average Bonchev–Trinajstić information content (AvgIpc) is 2.94. The van der Waals surface area contributed by atoms with Crippen molar-refractivity contribution in [2.75, 3.05) is 31.2 Å². The molecule has 2 saturated heterocycles. The number of rotatable bonds is 4. The van der Waals surface area contributed by atoms with E-state index in [-0.39, 0.29) is 5.41 Å². The Balaban J connectivity index is 1.85. The summed E-state index contributed by atoms with van der Waals surface area (Å²) in [6, 6.07) is 0. The number of carbonyl (C=O) groups is 1. The van der Waals surface area contributed by atoms with Gasteiger partial charge in [-0.1, -0.05) is 26.1 Å². The van der Waals surface area contributed by atoms with Gasteiger partial charge in [-0.3, -0.25) is 0 Å². The van der Waals surface area contributed by atoms with E-state index in [0.717, 1.165) is 38.2 Å². The summed E-state index contributed by atoms with van der Waals surface area (Å²) in [5.74, 6) is 1.42.